The molecule has 0 saturated carbocycles. The Bertz CT molecular complexity index is 597. The summed E-state index contributed by atoms with van der Waals surface area (Å²) in [6.07, 6.45) is 1.74. The first-order valence-electron chi connectivity index (χ1n) is 5.68. The number of halogens is 1. The smallest absolute Gasteiger partial charge is 0.270 e. The van der Waals surface area contributed by atoms with Crippen LogP contribution in [-0.2, 0) is 20.1 Å². The van der Waals surface area contributed by atoms with Crippen molar-refractivity contribution in [3.63, 3.8) is 0 Å². The van der Waals surface area contributed by atoms with E-state index in [4.69, 9.17) is 0 Å². The molecule has 100 valence electrons. The Labute approximate surface area is 118 Å². The maximum absolute atomic E-state index is 10.8. The van der Waals surface area contributed by atoms with Crippen molar-refractivity contribution in [2.45, 2.75) is 13.1 Å². The van der Waals surface area contributed by atoms with E-state index >= 15 is 0 Å². The van der Waals surface area contributed by atoms with Gasteiger partial charge in [0.1, 0.15) is 0 Å². The van der Waals surface area contributed by atoms with Crippen LogP contribution in [-0.4, -0.2) is 14.7 Å². The molecular weight excluding hydrogens is 312 g/mol. The number of aryl methyl sites for hydroxylation is 1. The van der Waals surface area contributed by atoms with Crippen LogP contribution in [0.1, 0.15) is 11.3 Å². The Morgan fingerprint density at radius 2 is 2.21 bits per heavy atom. The lowest BCUT2D eigenvalue weighted by Gasteiger charge is -2.06. The van der Waals surface area contributed by atoms with E-state index in [1.165, 1.54) is 6.07 Å². The van der Waals surface area contributed by atoms with E-state index in [2.05, 4.69) is 26.3 Å². The van der Waals surface area contributed by atoms with Gasteiger partial charge >= 0.3 is 0 Å². The number of nitrogens with one attached hydrogen (secondary N) is 1. The first-order chi connectivity index (χ1) is 9.06. The van der Waals surface area contributed by atoms with Crippen LogP contribution in [0.15, 0.2) is 34.9 Å². The van der Waals surface area contributed by atoms with Gasteiger partial charge in [-0.1, -0.05) is 15.9 Å². The monoisotopic (exact) mass is 324 g/mol. The summed E-state index contributed by atoms with van der Waals surface area (Å²) in [5.41, 5.74) is 2.01. The molecule has 0 aliphatic rings. The van der Waals surface area contributed by atoms with Gasteiger partial charge in [0.2, 0.25) is 0 Å². The fourth-order valence-electron chi connectivity index (χ4n) is 1.75. The second-order valence-electron chi connectivity index (χ2n) is 4.12. The molecule has 19 heavy (non-hydrogen) atoms. The van der Waals surface area contributed by atoms with Crippen LogP contribution < -0.4 is 5.32 Å². The molecule has 0 fully saturated rings. The molecular formula is C12H13BrN4O2. The van der Waals surface area contributed by atoms with E-state index in [1.54, 1.807) is 16.9 Å². The molecule has 1 heterocycles. The normalized spacial score (nSPS) is 10.6. The standard InChI is InChI=1S/C12H13BrN4O2/c1-16-11(2-3-15-16)8-14-7-9-4-10(13)6-12(5-9)17(18)19/h2-6,14H,7-8H2,1H3. The van der Waals surface area contributed by atoms with Gasteiger partial charge in [-0.25, -0.2) is 0 Å². The van der Waals surface area contributed by atoms with Gasteiger partial charge in [0.25, 0.3) is 5.69 Å². The number of nitro groups is 1. The molecule has 1 aromatic heterocycles. The summed E-state index contributed by atoms with van der Waals surface area (Å²) in [5, 5.41) is 18.1. The van der Waals surface area contributed by atoms with Crippen LogP contribution in [0.4, 0.5) is 5.69 Å². The zero-order valence-corrected chi connectivity index (χ0v) is 11.9. The maximum Gasteiger partial charge on any atom is 0.270 e. The average Bonchev–Trinajstić information content (AvgIpc) is 2.74. The minimum atomic E-state index is -0.393. The summed E-state index contributed by atoms with van der Waals surface area (Å²) >= 11 is 3.28. The van der Waals surface area contributed by atoms with Crippen molar-refractivity contribution in [2.24, 2.45) is 7.05 Å². The number of aromatic nitrogens is 2. The predicted molar refractivity (Wildman–Crippen MR) is 74.5 cm³/mol. The molecule has 0 bridgehead atoms. The van der Waals surface area contributed by atoms with Crippen molar-refractivity contribution < 1.29 is 4.92 Å². The van der Waals surface area contributed by atoms with E-state index in [1.807, 2.05) is 19.2 Å². The number of hydrogen-bond donors (Lipinski definition) is 1. The van der Waals surface area contributed by atoms with Crippen molar-refractivity contribution >= 4 is 21.6 Å². The third-order valence-electron chi connectivity index (χ3n) is 2.71. The third kappa shape index (κ3) is 3.62. The Morgan fingerprint density at radius 3 is 2.84 bits per heavy atom. The Kier molecular flexibility index (Phi) is 4.28. The average molecular weight is 325 g/mol. The summed E-state index contributed by atoms with van der Waals surface area (Å²) in [6.45, 7) is 1.22. The highest BCUT2D eigenvalue weighted by Crippen LogP contribution is 2.21. The molecule has 0 unspecified atom stereocenters. The molecule has 6 nitrogen and oxygen atoms in total. The molecule has 2 rings (SSSR count). The molecule has 0 saturated heterocycles. The highest BCUT2D eigenvalue weighted by atomic mass is 79.9. The van der Waals surface area contributed by atoms with Crippen molar-refractivity contribution in [1.29, 1.82) is 0 Å². The van der Waals surface area contributed by atoms with Crippen molar-refractivity contribution in [2.75, 3.05) is 0 Å². The Balaban J connectivity index is 2.00. The highest BCUT2D eigenvalue weighted by Gasteiger charge is 2.08. The van der Waals surface area contributed by atoms with E-state index in [-0.39, 0.29) is 5.69 Å². The molecule has 0 amide bonds. The van der Waals surface area contributed by atoms with Gasteiger partial charge in [-0.3, -0.25) is 14.8 Å². The SMILES string of the molecule is Cn1nccc1CNCc1cc(Br)cc([N+](=O)[O-])c1. The summed E-state index contributed by atoms with van der Waals surface area (Å²) in [4.78, 5) is 10.4. The minimum absolute atomic E-state index is 0.0895. The molecule has 0 spiro atoms. The van der Waals surface area contributed by atoms with Gasteiger partial charge < -0.3 is 5.32 Å². The Morgan fingerprint density at radius 1 is 1.42 bits per heavy atom. The van der Waals surface area contributed by atoms with Crippen molar-refractivity contribution in [1.82, 2.24) is 15.1 Å². The van der Waals surface area contributed by atoms with Gasteiger partial charge in [-0.05, 0) is 17.7 Å². The topological polar surface area (TPSA) is 73.0 Å². The summed E-state index contributed by atoms with van der Waals surface area (Å²) in [5.74, 6) is 0. The van der Waals surface area contributed by atoms with Crippen LogP contribution >= 0.6 is 15.9 Å². The molecule has 1 aromatic carbocycles. The maximum atomic E-state index is 10.8. The molecule has 1 N–H and O–H groups in total. The molecule has 0 atom stereocenters. The summed E-state index contributed by atoms with van der Waals surface area (Å²) < 4.78 is 2.50. The van der Waals surface area contributed by atoms with Crippen LogP contribution in [0.25, 0.3) is 0 Å². The molecule has 0 radical (unpaired) electrons. The molecule has 0 aliphatic carbocycles. The van der Waals surface area contributed by atoms with Crippen LogP contribution in [0, 0.1) is 10.1 Å². The molecule has 0 aliphatic heterocycles. The van der Waals surface area contributed by atoms with Crippen molar-refractivity contribution in [3.05, 3.63) is 56.3 Å². The number of hydrogen-bond acceptors (Lipinski definition) is 4. The zero-order chi connectivity index (χ0) is 13.8. The van der Waals surface area contributed by atoms with Gasteiger partial charge in [0.15, 0.2) is 0 Å². The number of non-ortho nitro benzene ring substituents is 1. The van der Waals surface area contributed by atoms with Crippen LogP contribution in [0.3, 0.4) is 0 Å². The number of benzene rings is 1. The second-order valence-corrected chi connectivity index (χ2v) is 5.04. The summed E-state index contributed by atoms with van der Waals surface area (Å²) in [7, 11) is 1.88. The second kappa shape index (κ2) is 5.94. The number of nitro benzene ring substituents is 1. The molecule has 7 heteroatoms. The van der Waals surface area contributed by atoms with Crippen LogP contribution in [0.2, 0.25) is 0 Å². The van der Waals surface area contributed by atoms with Gasteiger partial charge in [0, 0.05) is 42.9 Å². The van der Waals surface area contributed by atoms with Crippen LogP contribution in [0.5, 0.6) is 0 Å². The fourth-order valence-corrected chi connectivity index (χ4v) is 2.28. The molecule has 2 aromatic rings. The fraction of sp³-hybridized carbons (Fsp3) is 0.250. The van der Waals surface area contributed by atoms with Gasteiger partial charge in [-0.2, -0.15) is 5.10 Å². The highest BCUT2D eigenvalue weighted by molar-refractivity contribution is 9.10. The van der Waals surface area contributed by atoms with E-state index in [0.717, 1.165) is 11.3 Å². The van der Waals surface area contributed by atoms with E-state index in [9.17, 15) is 10.1 Å². The predicted octanol–water partition coefficient (Wildman–Crippen LogP) is 2.38. The zero-order valence-electron chi connectivity index (χ0n) is 10.3. The first kappa shape index (κ1) is 13.7. The van der Waals surface area contributed by atoms with Crippen molar-refractivity contribution in [3.8, 4) is 0 Å². The largest absolute Gasteiger partial charge is 0.307 e. The number of nitrogens with zero attached hydrogens (tertiary/aromatic N) is 3. The lowest BCUT2D eigenvalue weighted by atomic mass is 10.2. The third-order valence-corrected chi connectivity index (χ3v) is 3.17. The van der Waals surface area contributed by atoms with E-state index < -0.39 is 4.92 Å². The lowest BCUT2D eigenvalue weighted by molar-refractivity contribution is -0.385. The summed E-state index contributed by atoms with van der Waals surface area (Å²) in [6, 6.07) is 6.85. The Hall–Kier alpha value is -1.73. The minimum Gasteiger partial charge on any atom is -0.307 e. The van der Waals surface area contributed by atoms with E-state index in [0.29, 0.717) is 17.6 Å². The number of rotatable bonds is 5. The van der Waals surface area contributed by atoms with Gasteiger partial charge in [0.05, 0.1) is 10.6 Å². The lowest BCUT2D eigenvalue weighted by Crippen LogP contribution is -2.15. The first-order valence-corrected chi connectivity index (χ1v) is 6.47. The quantitative estimate of drug-likeness (QED) is 0.677. The van der Waals surface area contributed by atoms with Gasteiger partial charge in [-0.15, -0.1) is 0 Å².